The molecule has 3 nitrogen and oxygen atoms in total. The summed E-state index contributed by atoms with van der Waals surface area (Å²) in [6.07, 6.45) is 0.954. The highest BCUT2D eigenvalue weighted by molar-refractivity contribution is 7.19. The summed E-state index contributed by atoms with van der Waals surface area (Å²) in [6, 6.07) is 2.19. The zero-order valence-electron chi connectivity index (χ0n) is 9.46. The van der Waals surface area contributed by atoms with Crippen molar-refractivity contribution >= 4 is 27.5 Å². The van der Waals surface area contributed by atoms with Crippen LogP contribution in [0.1, 0.15) is 23.1 Å². The topological polar surface area (TPSA) is 36.1 Å². The van der Waals surface area contributed by atoms with Crippen LogP contribution in [0, 0.1) is 6.92 Å². The number of nitrogens with zero attached hydrogens (tertiary/aromatic N) is 1. The second kappa shape index (κ2) is 3.35. The van der Waals surface area contributed by atoms with Crippen LogP contribution in [-0.4, -0.2) is 22.3 Å². The van der Waals surface area contributed by atoms with Crippen molar-refractivity contribution in [1.82, 2.24) is 9.88 Å². The molecular weight excluding hydrogens is 220 g/mol. The van der Waals surface area contributed by atoms with E-state index >= 15 is 0 Å². The first-order valence-electron chi connectivity index (χ1n) is 5.50. The van der Waals surface area contributed by atoms with Crippen LogP contribution in [0.15, 0.2) is 6.07 Å². The minimum absolute atomic E-state index is 0.174. The number of hydrogen-bond donors (Lipinski definition) is 1. The number of carbonyl (C=O) groups is 1. The SMILES string of the molecule is CC(=O)N1CCc2[nH]c3cc(C)sc3c2C1. The lowest BCUT2D eigenvalue weighted by Crippen LogP contribution is -2.33. The van der Waals surface area contributed by atoms with Crippen molar-refractivity contribution in [3.63, 3.8) is 0 Å². The molecule has 2 aromatic rings. The number of amides is 1. The fourth-order valence-corrected chi connectivity index (χ4v) is 3.40. The predicted octanol–water partition coefficient (Wildman–Crippen LogP) is 2.44. The van der Waals surface area contributed by atoms with Gasteiger partial charge in [0.05, 0.1) is 10.2 Å². The summed E-state index contributed by atoms with van der Waals surface area (Å²) in [6.45, 7) is 5.38. The van der Waals surface area contributed by atoms with Gasteiger partial charge in [0.2, 0.25) is 5.91 Å². The molecule has 2 aromatic heterocycles. The molecule has 1 N–H and O–H groups in total. The third-order valence-corrected chi connectivity index (χ3v) is 4.32. The second-order valence-electron chi connectivity index (χ2n) is 4.37. The Labute approximate surface area is 98.1 Å². The van der Waals surface area contributed by atoms with E-state index in [4.69, 9.17) is 0 Å². The number of thiophene rings is 1. The van der Waals surface area contributed by atoms with Crippen LogP contribution in [0.4, 0.5) is 0 Å². The molecule has 1 amide bonds. The van der Waals surface area contributed by atoms with Crippen LogP contribution in [0.3, 0.4) is 0 Å². The lowest BCUT2D eigenvalue weighted by Gasteiger charge is -2.25. The minimum atomic E-state index is 0.174. The number of fused-ring (bicyclic) bond motifs is 3. The van der Waals surface area contributed by atoms with Gasteiger partial charge in [-0.3, -0.25) is 4.79 Å². The number of carbonyl (C=O) groups excluding carboxylic acids is 1. The summed E-state index contributed by atoms with van der Waals surface area (Å²) >= 11 is 1.82. The van der Waals surface area contributed by atoms with Crippen molar-refractivity contribution in [2.24, 2.45) is 0 Å². The normalized spacial score (nSPS) is 15.5. The standard InChI is InChI=1S/C12H14N2OS/c1-7-5-11-12(16-7)9-6-14(8(2)15)4-3-10(9)13-11/h5,13H,3-4,6H2,1-2H3. The monoisotopic (exact) mass is 234 g/mol. The maximum atomic E-state index is 11.4. The largest absolute Gasteiger partial charge is 0.357 e. The molecule has 0 aromatic carbocycles. The molecule has 0 radical (unpaired) electrons. The van der Waals surface area contributed by atoms with Gasteiger partial charge in [-0.2, -0.15) is 0 Å². The third-order valence-electron chi connectivity index (χ3n) is 3.21. The lowest BCUT2D eigenvalue weighted by molar-refractivity contribution is -0.129. The van der Waals surface area contributed by atoms with Crippen LogP contribution < -0.4 is 0 Å². The molecule has 1 aliphatic rings. The molecular formula is C12H14N2OS. The molecule has 0 saturated heterocycles. The van der Waals surface area contributed by atoms with E-state index in [0.717, 1.165) is 19.5 Å². The molecule has 0 saturated carbocycles. The van der Waals surface area contributed by atoms with E-state index in [1.165, 1.54) is 26.4 Å². The zero-order valence-corrected chi connectivity index (χ0v) is 10.3. The summed E-state index contributed by atoms with van der Waals surface area (Å²) < 4.78 is 1.33. The van der Waals surface area contributed by atoms with Gasteiger partial charge in [-0.15, -0.1) is 11.3 Å². The summed E-state index contributed by atoms with van der Waals surface area (Å²) in [5, 5.41) is 0. The van der Waals surface area contributed by atoms with Crippen molar-refractivity contribution in [2.45, 2.75) is 26.8 Å². The van der Waals surface area contributed by atoms with Gasteiger partial charge in [0, 0.05) is 42.6 Å². The van der Waals surface area contributed by atoms with Gasteiger partial charge in [0.1, 0.15) is 0 Å². The average Bonchev–Trinajstić information content (AvgIpc) is 2.72. The molecule has 0 unspecified atom stereocenters. The Kier molecular flexibility index (Phi) is 2.07. The Morgan fingerprint density at radius 3 is 3.12 bits per heavy atom. The average molecular weight is 234 g/mol. The van der Waals surface area contributed by atoms with Gasteiger partial charge in [0.15, 0.2) is 0 Å². The van der Waals surface area contributed by atoms with Gasteiger partial charge >= 0.3 is 0 Å². The number of aryl methyl sites for hydroxylation is 1. The molecule has 3 heterocycles. The third kappa shape index (κ3) is 1.37. The van der Waals surface area contributed by atoms with E-state index < -0.39 is 0 Å². The highest BCUT2D eigenvalue weighted by atomic mass is 32.1. The maximum Gasteiger partial charge on any atom is 0.219 e. The highest BCUT2D eigenvalue weighted by Crippen LogP contribution is 2.33. The van der Waals surface area contributed by atoms with Crippen molar-refractivity contribution in [3.05, 3.63) is 22.2 Å². The van der Waals surface area contributed by atoms with Crippen molar-refractivity contribution < 1.29 is 4.79 Å². The summed E-state index contributed by atoms with van der Waals surface area (Å²) in [4.78, 5) is 18.1. The summed E-state index contributed by atoms with van der Waals surface area (Å²) in [5.41, 5.74) is 3.88. The van der Waals surface area contributed by atoms with E-state index in [-0.39, 0.29) is 5.91 Å². The molecule has 4 heteroatoms. The van der Waals surface area contributed by atoms with E-state index in [2.05, 4.69) is 18.0 Å². The van der Waals surface area contributed by atoms with Crippen LogP contribution in [0.25, 0.3) is 10.2 Å². The van der Waals surface area contributed by atoms with E-state index in [9.17, 15) is 4.79 Å². The first-order valence-corrected chi connectivity index (χ1v) is 6.32. The lowest BCUT2D eigenvalue weighted by atomic mass is 10.1. The van der Waals surface area contributed by atoms with E-state index in [1.54, 1.807) is 6.92 Å². The second-order valence-corrected chi connectivity index (χ2v) is 5.63. The van der Waals surface area contributed by atoms with Crippen molar-refractivity contribution in [1.29, 1.82) is 0 Å². The Hall–Kier alpha value is -1.29. The Morgan fingerprint density at radius 2 is 2.38 bits per heavy atom. The molecule has 0 bridgehead atoms. The summed E-state index contributed by atoms with van der Waals surface area (Å²) in [7, 11) is 0. The van der Waals surface area contributed by atoms with Crippen molar-refractivity contribution in [2.75, 3.05) is 6.54 Å². The molecule has 0 aliphatic carbocycles. The maximum absolute atomic E-state index is 11.4. The predicted molar refractivity (Wildman–Crippen MR) is 65.7 cm³/mol. The van der Waals surface area contributed by atoms with Crippen LogP contribution in [-0.2, 0) is 17.8 Å². The molecule has 84 valence electrons. The van der Waals surface area contributed by atoms with E-state index in [1.807, 2.05) is 16.2 Å². The highest BCUT2D eigenvalue weighted by Gasteiger charge is 2.22. The number of hydrogen-bond acceptors (Lipinski definition) is 2. The van der Waals surface area contributed by atoms with Crippen LogP contribution >= 0.6 is 11.3 Å². The van der Waals surface area contributed by atoms with Gasteiger partial charge in [0.25, 0.3) is 0 Å². The first-order chi connectivity index (χ1) is 7.65. The van der Waals surface area contributed by atoms with Gasteiger partial charge < -0.3 is 9.88 Å². The van der Waals surface area contributed by atoms with E-state index in [0.29, 0.717) is 0 Å². The van der Waals surface area contributed by atoms with Gasteiger partial charge in [-0.05, 0) is 13.0 Å². The quantitative estimate of drug-likeness (QED) is 0.746. The Balaban J connectivity index is 2.09. The molecule has 1 aliphatic heterocycles. The van der Waals surface area contributed by atoms with Gasteiger partial charge in [-0.1, -0.05) is 0 Å². The summed E-state index contributed by atoms with van der Waals surface area (Å²) in [5.74, 6) is 0.174. The number of rotatable bonds is 0. The molecule has 0 fully saturated rings. The molecule has 0 spiro atoms. The molecule has 3 rings (SSSR count). The first kappa shape index (κ1) is 9.90. The molecule has 0 atom stereocenters. The van der Waals surface area contributed by atoms with Crippen molar-refractivity contribution in [3.8, 4) is 0 Å². The fourth-order valence-electron chi connectivity index (χ4n) is 2.37. The smallest absolute Gasteiger partial charge is 0.219 e. The number of H-pyrrole nitrogens is 1. The van der Waals surface area contributed by atoms with Crippen LogP contribution in [0.5, 0.6) is 0 Å². The Morgan fingerprint density at radius 1 is 1.56 bits per heavy atom. The van der Waals surface area contributed by atoms with Gasteiger partial charge in [-0.25, -0.2) is 0 Å². The number of aromatic nitrogens is 1. The zero-order chi connectivity index (χ0) is 11.3. The Bertz CT molecular complexity index is 567. The molecule has 16 heavy (non-hydrogen) atoms. The van der Waals surface area contributed by atoms with Crippen LogP contribution in [0.2, 0.25) is 0 Å². The number of nitrogens with one attached hydrogen (secondary N) is 1. The number of aromatic amines is 1. The fraction of sp³-hybridized carbons (Fsp3) is 0.417. The minimum Gasteiger partial charge on any atom is -0.357 e.